The Morgan fingerprint density at radius 3 is 2.59 bits per heavy atom. The van der Waals surface area contributed by atoms with Crippen LogP contribution in [0.2, 0.25) is 0 Å². The third kappa shape index (κ3) is 6.10. The van der Waals surface area contributed by atoms with Crippen LogP contribution in [0.5, 0.6) is 0 Å². The molecule has 1 atom stereocenters. The Bertz CT molecular complexity index is 343. The van der Waals surface area contributed by atoms with E-state index in [1.807, 2.05) is 25.7 Å². The smallest absolute Gasteiger partial charge is 0.410 e. The van der Waals surface area contributed by atoms with Crippen molar-refractivity contribution in [3.8, 4) is 0 Å². The summed E-state index contributed by atoms with van der Waals surface area (Å²) >= 11 is 0. The van der Waals surface area contributed by atoms with Crippen LogP contribution in [-0.2, 0) is 4.74 Å². The molecule has 0 aromatic rings. The molecule has 6 heteroatoms. The highest BCUT2D eigenvalue weighted by Gasteiger charge is 2.25. The van der Waals surface area contributed by atoms with Gasteiger partial charge in [0.1, 0.15) is 5.60 Å². The zero-order valence-corrected chi connectivity index (χ0v) is 14.4. The quantitative estimate of drug-likeness (QED) is 0.738. The monoisotopic (exact) mass is 312 g/mol. The van der Waals surface area contributed by atoms with Gasteiger partial charge in [-0.1, -0.05) is 0 Å². The van der Waals surface area contributed by atoms with Gasteiger partial charge in [0.25, 0.3) is 0 Å². The first kappa shape index (κ1) is 17.5. The third-order valence-corrected chi connectivity index (χ3v) is 4.18. The highest BCUT2D eigenvalue weighted by atomic mass is 16.6. The average Bonchev–Trinajstić information content (AvgIpc) is 2.95. The molecule has 22 heavy (non-hydrogen) atoms. The van der Waals surface area contributed by atoms with Crippen LogP contribution in [0.25, 0.3) is 0 Å². The maximum Gasteiger partial charge on any atom is 0.410 e. The first-order valence-electron chi connectivity index (χ1n) is 8.58. The van der Waals surface area contributed by atoms with Crippen molar-refractivity contribution >= 4 is 6.09 Å². The molecule has 0 radical (unpaired) electrons. The molecule has 2 saturated heterocycles. The lowest BCUT2D eigenvalue weighted by molar-refractivity contribution is 0.0146. The van der Waals surface area contributed by atoms with Crippen LogP contribution in [-0.4, -0.2) is 79.9 Å². The van der Waals surface area contributed by atoms with Crippen LogP contribution in [0.3, 0.4) is 0 Å². The van der Waals surface area contributed by atoms with Gasteiger partial charge in [-0.15, -0.1) is 0 Å². The number of hydrogen-bond donors (Lipinski definition) is 2. The summed E-state index contributed by atoms with van der Waals surface area (Å²) in [5.74, 6) is 0. The summed E-state index contributed by atoms with van der Waals surface area (Å²) in [6, 6.07) is 0.656. The molecule has 0 aliphatic carbocycles. The van der Waals surface area contributed by atoms with E-state index in [9.17, 15) is 4.79 Å². The highest BCUT2D eigenvalue weighted by molar-refractivity contribution is 5.68. The Labute approximate surface area is 134 Å². The topological polar surface area (TPSA) is 56.8 Å². The second kappa shape index (κ2) is 8.13. The number of nitrogens with one attached hydrogen (secondary N) is 2. The molecule has 0 saturated carbocycles. The number of carbonyl (C=O) groups excluding carboxylic acids is 1. The molecule has 2 aliphatic rings. The predicted octanol–water partition coefficient (Wildman–Crippen LogP) is 0.881. The molecule has 2 heterocycles. The summed E-state index contributed by atoms with van der Waals surface area (Å²) in [6.45, 7) is 13.4. The van der Waals surface area contributed by atoms with Gasteiger partial charge >= 0.3 is 6.09 Å². The van der Waals surface area contributed by atoms with Crippen LogP contribution in [0.1, 0.15) is 33.6 Å². The molecule has 0 aromatic heterocycles. The minimum atomic E-state index is -0.410. The van der Waals surface area contributed by atoms with Crippen molar-refractivity contribution in [2.45, 2.75) is 45.3 Å². The number of carbonyl (C=O) groups is 1. The van der Waals surface area contributed by atoms with Crippen molar-refractivity contribution in [3.05, 3.63) is 0 Å². The Morgan fingerprint density at radius 1 is 1.27 bits per heavy atom. The lowest BCUT2D eigenvalue weighted by Crippen LogP contribution is -2.51. The van der Waals surface area contributed by atoms with Crippen molar-refractivity contribution in [1.29, 1.82) is 0 Å². The summed E-state index contributed by atoms with van der Waals surface area (Å²) in [6.07, 6.45) is 2.41. The van der Waals surface area contributed by atoms with Crippen molar-refractivity contribution in [1.82, 2.24) is 20.4 Å². The third-order valence-electron chi connectivity index (χ3n) is 4.18. The molecule has 2 N–H and O–H groups in total. The number of ether oxygens (including phenoxy) is 1. The number of nitrogens with zero attached hydrogens (tertiary/aromatic N) is 2. The predicted molar refractivity (Wildman–Crippen MR) is 88.1 cm³/mol. The first-order valence-corrected chi connectivity index (χ1v) is 8.58. The fourth-order valence-corrected chi connectivity index (χ4v) is 2.92. The average molecular weight is 312 g/mol. The lowest BCUT2D eigenvalue weighted by atomic mass is 10.2. The first-order chi connectivity index (χ1) is 10.4. The van der Waals surface area contributed by atoms with Gasteiger partial charge in [-0.3, -0.25) is 4.90 Å². The van der Waals surface area contributed by atoms with E-state index in [2.05, 4.69) is 15.5 Å². The Kier molecular flexibility index (Phi) is 6.47. The van der Waals surface area contributed by atoms with Crippen LogP contribution in [0.15, 0.2) is 0 Å². The molecule has 0 bridgehead atoms. The highest BCUT2D eigenvalue weighted by Crippen LogP contribution is 2.11. The van der Waals surface area contributed by atoms with Gasteiger partial charge in [0, 0.05) is 51.9 Å². The number of hydrogen-bond acceptors (Lipinski definition) is 5. The zero-order chi connectivity index (χ0) is 16.0. The van der Waals surface area contributed by atoms with Crippen molar-refractivity contribution < 1.29 is 9.53 Å². The molecule has 1 unspecified atom stereocenters. The molecular weight excluding hydrogens is 280 g/mol. The molecule has 0 spiro atoms. The fraction of sp³-hybridized carbons (Fsp3) is 0.938. The minimum absolute atomic E-state index is 0.183. The fourth-order valence-electron chi connectivity index (χ4n) is 2.92. The van der Waals surface area contributed by atoms with Gasteiger partial charge in [-0.05, 0) is 40.2 Å². The van der Waals surface area contributed by atoms with Crippen LogP contribution >= 0.6 is 0 Å². The van der Waals surface area contributed by atoms with Gasteiger partial charge in [-0.2, -0.15) is 0 Å². The Morgan fingerprint density at radius 2 is 2.00 bits per heavy atom. The van der Waals surface area contributed by atoms with E-state index in [1.165, 1.54) is 19.4 Å². The summed E-state index contributed by atoms with van der Waals surface area (Å²) in [7, 11) is 0. The normalized spacial score (nSPS) is 23.8. The van der Waals surface area contributed by atoms with Gasteiger partial charge in [0.15, 0.2) is 0 Å². The maximum atomic E-state index is 12.0. The maximum absolute atomic E-state index is 12.0. The molecule has 2 rings (SSSR count). The van der Waals surface area contributed by atoms with E-state index in [0.29, 0.717) is 6.04 Å². The van der Waals surface area contributed by atoms with E-state index >= 15 is 0 Å². The summed E-state index contributed by atoms with van der Waals surface area (Å²) < 4.78 is 5.42. The SMILES string of the molecule is CC(C)(C)OC(=O)N1CCN(CCNCC2CCCN2)CC1. The second-order valence-electron chi connectivity index (χ2n) is 7.31. The second-order valence-corrected chi connectivity index (χ2v) is 7.31. The van der Waals surface area contributed by atoms with Crippen molar-refractivity contribution in [3.63, 3.8) is 0 Å². The van der Waals surface area contributed by atoms with E-state index in [-0.39, 0.29) is 6.09 Å². The van der Waals surface area contributed by atoms with E-state index in [4.69, 9.17) is 4.74 Å². The van der Waals surface area contributed by atoms with Gasteiger partial charge in [0.05, 0.1) is 0 Å². The zero-order valence-electron chi connectivity index (χ0n) is 14.4. The molecule has 2 fully saturated rings. The molecule has 0 aromatic carbocycles. The Balaban J connectivity index is 1.55. The largest absolute Gasteiger partial charge is 0.444 e. The number of rotatable bonds is 5. The molecule has 1 amide bonds. The number of piperazine rings is 1. The van der Waals surface area contributed by atoms with Crippen LogP contribution in [0, 0.1) is 0 Å². The molecule has 6 nitrogen and oxygen atoms in total. The van der Waals surface area contributed by atoms with E-state index < -0.39 is 5.60 Å². The molecule has 128 valence electrons. The summed E-state index contributed by atoms with van der Waals surface area (Å²) in [5, 5.41) is 7.03. The van der Waals surface area contributed by atoms with Gasteiger partial charge in [-0.25, -0.2) is 4.79 Å². The van der Waals surface area contributed by atoms with Gasteiger partial charge < -0.3 is 20.3 Å². The molecular formula is C16H32N4O2. The van der Waals surface area contributed by atoms with Crippen molar-refractivity contribution in [2.24, 2.45) is 0 Å². The van der Waals surface area contributed by atoms with E-state index in [0.717, 1.165) is 45.8 Å². The number of amides is 1. The summed E-state index contributed by atoms with van der Waals surface area (Å²) in [5.41, 5.74) is -0.410. The van der Waals surface area contributed by atoms with Crippen molar-refractivity contribution in [2.75, 3.05) is 52.4 Å². The van der Waals surface area contributed by atoms with E-state index in [1.54, 1.807) is 0 Å². The minimum Gasteiger partial charge on any atom is -0.444 e. The molecule has 2 aliphatic heterocycles. The Hall–Kier alpha value is -0.850. The van der Waals surface area contributed by atoms with Crippen LogP contribution < -0.4 is 10.6 Å². The van der Waals surface area contributed by atoms with Crippen LogP contribution in [0.4, 0.5) is 4.79 Å². The lowest BCUT2D eigenvalue weighted by Gasteiger charge is -2.35. The summed E-state index contributed by atoms with van der Waals surface area (Å²) in [4.78, 5) is 16.2. The van der Waals surface area contributed by atoms with Gasteiger partial charge in [0.2, 0.25) is 0 Å². The standard InChI is InChI=1S/C16H32N4O2/c1-16(2,3)22-15(21)20-11-9-19(10-12-20)8-7-17-13-14-5-4-6-18-14/h14,17-18H,4-13H2,1-3H3.